The highest BCUT2D eigenvalue weighted by Gasteiger charge is 2.19. The van der Waals surface area contributed by atoms with E-state index in [2.05, 4.69) is 46.0 Å². The minimum absolute atomic E-state index is 0.0130. The summed E-state index contributed by atoms with van der Waals surface area (Å²) in [5.41, 5.74) is 2.80. The van der Waals surface area contributed by atoms with Gasteiger partial charge in [0.25, 0.3) is 0 Å². The van der Waals surface area contributed by atoms with Crippen molar-refractivity contribution in [3.63, 3.8) is 0 Å². The van der Waals surface area contributed by atoms with Crippen LogP contribution >= 0.6 is 22.9 Å². The van der Waals surface area contributed by atoms with Crippen molar-refractivity contribution in [3.05, 3.63) is 38.9 Å². The van der Waals surface area contributed by atoms with Crippen LogP contribution in [0.5, 0.6) is 0 Å². The van der Waals surface area contributed by atoms with Gasteiger partial charge in [-0.05, 0) is 60.4 Å². The summed E-state index contributed by atoms with van der Waals surface area (Å²) in [6.07, 6.45) is 0.908. The van der Waals surface area contributed by atoms with Crippen LogP contribution in [0.15, 0.2) is 21.3 Å². The van der Waals surface area contributed by atoms with Gasteiger partial charge in [-0.2, -0.15) is 11.3 Å². The molecule has 1 atom stereocenters. The molecule has 0 spiro atoms. The Hall–Kier alpha value is -1.37. The van der Waals surface area contributed by atoms with Crippen molar-refractivity contribution in [1.29, 1.82) is 0 Å². The Morgan fingerprint density at radius 2 is 2.21 bits per heavy atom. The van der Waals surface area contributed by atoms with Crippen LogP contribution in [0, 0.1) is 6.92 Å². The molecular weight excluding hydrogens is 346 g/mol. The molecule has 24 heavy (non-hydrogen) atoms. The highest BCUT2D eigenvalue weighted by atomic mass is 35.5. The molecule has 0 aliphatic heterocycles. The van der Waals surface area contributed by atoms with Crippen molar-refractivity contribution in [2.75, 3.05) is 19.6 Å². The summed E-state index contributed by atoms with van der Waals surface area (Å²) in [4.78, 5) is 14.6. The number of carbonyl (C=O) groups is 1. The van der Waals surface area contributed by atoms with E-state index >= 15 is 0 Å². The molecule has 0 aromatic carbocycles. The first-order valence-corrected chi connectivity index (χ1v) is 9.52. The first kappa shape index (κ1) is 19.0. The topological polar surface area (TPSA) is 58.4 Å². The molecular formula is C17H24ClN3O2S. The number of nitrogens with zero attached hydrogens (tertiary/aromatic N) is 2. The lowest BCUT2D eigenvalue weighted by Crippen LogP contribution is -2.38. The van der Waals surface area contributed by atoms with E-state index in [1.165, 1.54) is 5.56 Å². The molecule has 0 aliphatic carbocycles. The number of hydrogen-bond acceptors (Lipinski definition) is 5. The number of likely N-dealkylation sites (N-methyl/N-ethyl adjacent to an activating group) is 1. The molecule has 5 nitrogen and oxygen atoms in total. The molecule has 0 radical (unpaired) electrons. The van der Waals surface area contributed by atoms with Crippen LogP contribution in [-0.2, 0) is 11.2 Å². The molecule has 2 aromatic rings. The number of rotatable bonds is 9. The van der Waals surface area contributed by atoms with E-state index in [0.29, 0.717) is 19.4 Å². The fraction of sp³-hybridized carbons (Fsp3) is 0.529. The Morgan fingerprint density at radius 1 is 1.46 bits per heavy atom. The number of amides is 1. The second kappa shape index (κ2) is 9.20. The number of hydrogen-bond donors (Lipinski definition) is 1. The third-order valence-electron chi connectivity index (χ3n) is 4.21. The monoisotopic (exact) mass is 369 g/mol. The molecule has 2 heterocycles. The number of carbonyl (C=O) groups excluding carboxylic acids is 1. The van der Waals surface area contributed by atoms with Crippen molar-refractivity contribution >= 4 is 28.8 Å². The second-order valence-corrected chi connectivity index (χ2v) is 6.74. The summed E-state index contributed by atoms with van der Waals surface area (Å²) in [5.74, 6) is 0.0130. The predicted molar refractivity (Wildman–Crippen MR) is 97.6 cm³/mol. The minimum Gasteiger partial charge on any atom is -0.354 e. The maximum Gasteiger partial charge on any atom is 0.229 e. The Bertz CT molecular complexity index is 619. The fourth-order valence-corrected chi connectivity index (χ4v) is 3.74. The zero-order chi connectivity index (χ0) is 17.5. The molecule has 0 aliphatic rings. The van der Waals surface area contributed by atoms with E-state index < -0.39 is 0 Å². The number of aromatic nitrogens is 1. The second-order valence-electron chi connectivity index (χ2n) is 5.62. The van der Waals surface area contributed by atoms with Crippen molar-refractivity contribution < 1.29 is 9.32 Å². The van der Waals surface area contributed by atoms with Crippen LogP contribution in [0.25, 0.3) is 0 Å². The smallest absolute Gasteiger partial charge is 0.229 e. The SMILES string of the molecule is CCN(CC)C(CNC(=O)CCc1c(C)noc1Cl)c1ccsc1. The number of nitrogens with one attached hydrogen (secondary N) is 1. The van der Waals surface area contributed by atoms with Gasteiger partial charge in [0, 0.05) is 18.5 Å². The van der Waals surface area contributed by atoms with Crippen molar-refractivity contribution in [2.24, 2.45) is 0 Å². The van der Waals surface area contributed by atoms with Crippen LogP contribution in [0.4, 0.5) is 0 Å². The summed E-state index contributed by atoms with van der Waals surface area (Å²) in [6, 6.07) is 2.33. The van der Waals surface area contributed by atoms with E-state index in [4.69, 9.17) is 16.1 Å². The molecule has 7 heteroatoms. The first-order valence-electron chi connectivity index (χ1n) is 8.20. The van der Waals surface area contributed by atoms with Crippen molar-refractivity contribution in [2.45, 2.75) is 39.7 Å². The molecule has 2 rings (SSSR count). The quantitative estimate of drug-likeness (QED) is 0.729. The Kier molecular flexibility index (Phi) is 7.27. The predicted octanol–water partition coefficient (Wildman–Crippen LogP) is 3.83. The number of halogens is 1. The van der Waals surface area contributed by atoms with Gasteiger partial charge in [0.1, 0.15) is 0 Å². The average Bonchev–Trinajstić information content (AvgIpc) is 3.20. The molecule has 0 saturated heterocycles. The van der Waals surface area contributed by atoms with Crippen molar-refractivity contribution in [1.82, 2.24) is 15.4 Å². The van der Waals surface area contributed by atoms with Gasteiger partial charge < -0.3 is 9.84 Å². The largest absolute Gasteiger partial charge is 0.354 e. The van der Waals surface area contributed by atoms with E-state index in [1.54, 1.807) is 11.3 Å². The number of aryl methyl sites for hydroxylation is 1. The van der Waals surface area contributed by atoms with Gasteiger partial charge in [-0.3, -0.25) is 9.69 Å². The van der Waals surface area contributed by atoms with Gasteiger partial charge in [0.15, 0.2) is 0 Å². The number of thiophene rings is 1. The zero-order valence-corrected chi connectivity index (χ0v) is 15.9. The summed E-state index contributed by atoms with van der Waals surface area (Å²) < 4.78 is 4.91. The Morgan fingerprint density at radius 3 is 2.75 bits per heavy atom. The molecule has 1 N–H and O–H groups in total. The van der Waals surface area contributed by atoms with Crippen molar-refractivity contribution in [3.8, 4) is 0 Å². The van der Waals surface area contributed by atoms with Crippen LogP contribution in [0.2, 0.25) is 5.22 Å². The van der Waals surface area contributed by atoms with Gasteiger partial charge in [-0.1, -0.05) is 19.0 Å². The van der Waals surface area contributed by atoms with Gasteiger partial charge in [-0.25, -0.2) is 0 Å². The molecule has 132 valence electrons. The maximum absolute atomic E-state index is 12.2. The highest BCUT2D eigenvalue weighted by Crippen LogP contribution is 2.23. The average molecular weight is 370 g/mol. The first-order chi connectivity index (χ1) is 11.6. The van der Waals surface area contributed by atoms with Crippen LogP contribution in [0.3, 0.4) is 0 Å². The normalized spacial score (nSPS) is 12.5. The van der Waals surface area contributed by atoms with E-state index in [1.807, 2.05) is 6.92 Å². The van der Waals surface area contributed by atoms with Crippen LogP contribution in [-0.4, -0.2) is 35.6 Å². The molecule has 1 unspecified atom stereocenters. The highest BCUT2D eigenvalue weighted by molar-refractivity contribution is 7.07. The Balaban J connectivity index is 1.90. The van der Waals surface area contributed by atoms with E-state index in [0.717, 1.165) is 24.3 Å². The van der Waals surface area contributed by atoms with Gasteiger partial charge in [0.05, 0.1) is 11.7 Å². The molecule has 0 bridgehead atoms. The van der Waals surface area contributed by atoms with E-state index in [9.17, 15) is 4.79 Å². The van der Waals surface area contributed by atoms with E-state index in [-0.39, 0.29) is 17.2 Å². The lowest BCUT2D eigenvalue weighted by atomic mass is 10.1. The molecule has 0 saturated carbocycles. The molecule has 0 fully saturated rings. The standard InChI is InChI=1S/C17H24ClN3O2S/c1-4-21(5-2)15(13-8-9-24-11-13)10-19-16(22)7-6-14-12(3)20-23-17(14)18/h8-9,11,15H,4-7,10H2,1-3H3,(H,19,22). The molecule has 2 aromatic heterocycles. The zero-order valence-electron chi connectivity index (χ0n) is 14.3. The van der Waals surface area contributed by atoms with Gasteiger partial charge >= 0.3 is 0 Å². The lowest BCUT2D eigenvalue weighted by Gasteiger charge is -2.29. The van der Waals surface area contributed by atoms with Crippen LogP contribution < -0.4 is 5.32 Å². The Labute approximate surface area is 152 Å². The summed E-state index contributed by atoms with van der Waals surface area (Å²) in [6.45, 7) is 8.61. The van der Waals surface area contributed by atoms with Crippen LogP contribution in [0.1, 0.15) is 43.1 Å². The maximum atomic E-state index is 12.2. The minimum atomic E-state index is 0.0130. The third-order valence-corrected chi connectivity index (χ3v) is 5.21. The van der Waals surface area contributed by atoms with Gasteiger partial charge in [-0.15, -0.1) is 0 Å². The summed E-state index contributed by atoms with van der Waals surface area (Å²) >= 11 is 7.62. The lowest BCUT2D eigenvalue weighted by molar-refractivity contribution is -0.121. The molecule has 1 amide bonds. The third kappa shape index (κ3) is 4.82. The summed E-state index contributed by atoms with van der Waals surface area (Å²) in [7, 11) is 0. The summed E-state index contributed by atoms with van der Waals surface area (Å²) in [5, 5.41) is 11.4. The van der Waals surface area contributed by atoms with Gasteiger partial charge in [0.2, 0.25) is 11.1 Å². The fourth-order valence-electron chi connectivity index (χ4n) is 2.76.